The quantitative estimate of drug-likeness (QED) is 0.896. The summed E-state index contributed by atoms with van der Waals surface area (Å²) >= 11 is 1.86. The summed E-state index contributed by atoms with van der Waals surface area (Å²) in [5.41, 5.74) is 1.90. The molecule has 1 atom stereocenters. The lowest BCUT2D eigenvalue weighted by Crippen LogP contribution is -2.43. The summed E-state index contributed by atoms with van der Waals surface area (Å²) in [5.74, 6) is 2.50. The largest absolute Gasteiger partial charge is 0.377 e. The molecule has 3 rings (SSSR count). The Hall–Kier alpha value is -1.93. The number of ether oxygens (including phenoxy) is 1. The van der Waals surface area contributed by atoms with Crippen LogP contribution in [-0.2, 0) is 10.5 Å². The van der Waals surface area contributed by atoms with Crippen molar-refractivity contribution >= 4 is 17.7 Å². The molecule has 0 radical (unpaired) electrons. The molecule has 122 valence electrons. The maximum absolute atomic E-state index is 12.8. The second-order valence-electron chi connectivity index (χ2n) is 5.19. The predicted octanol–water partition coefficient (Wildman–Crippen LogP) is 1.67. The van der Waals surface area contributed by atoms with Crippen LogP contribution >= 0.6 is 11.8 Å². The van der Waals surface area contributed by atoms with Gasteiger partial charge in [0.1, 0.15) is 6.04 Å². The lowest BCUT2D eigenvalue weighted by atomic mass is 10.1. The number of carbonyl (C=O) groups excluding carboxylic acids is 1. The van der Waals surface area contributed by atoms with Gasteiger partial charge in [-0.15, -0.1) is 10.2 Å². The van der Waals surface area contributed by atoms with Gasteiger partial charge in [0.05, 0.1) is 13.2 Å². The summed E-state index contributed by atoms with van der Waals surface area (Å²) in [6.45, 7) is 3.56. The van der Waals surface area contributed by atoms with Crippen molar-refractivity contribution in [2.45, 2.75) is 18.7 Å². The van der Waals surface area contributed by atoms with Crippen molar-refractivity contribution in [2.24, 2.45) is 0 Å². The fourth-order valence-corrected chi connectivity index (χ4v) is 3.13. The van der Waals surface area contributed by atoms with E-state index in [1.807, 2.05) is 36.0 Å². The van der Waals surface area contributed by atoms with E-state index in [-0.39, 0.29) is 11.9 Å². The fourth-order valence-electron chi connectivity index (χ4n) is 2.50. The van der Waals surface area contributed by atoms with Crippen LogP contribution in [0.25, 0.3) is 0 Å². The number of morpholine rings is 1. The van der Waals surface area contributed by atoms with Gasteiger partial charge in [-0.05, 0) is 23.4 Å². The maximum Gasteiger partial charge on any atom is 0.254 e. The van der Waals surface area contributed by atoms with Crippen LogP contribution < -0.4 is 0 Å². The summed E-state index contributed by atoms with van der Waals surface area (Å²) in [6, 6.07) is 7.50. The Bertz CT molecular complexity index is 632. The van der Waals surface area contributed by atoms with Gasteiger partial charge < -0.3 is 9.64 Å². The Morgan fingerprint density at radius 3 is 2.96 bits per heavy atom. The summed E-state index contributed by atoms with van der Waals surface area (Å²) < 4.78 is 5.47. The molecule has 1 amide bonds. The van der Waals surface area contributed by atoms with Crippen molar-refractivity contribution in [2.75, 3.05) is 25.5 Å². The first-order valence-corrected chi connectivity index (χ1v) is 8.73. The van der Waals surface area contributed by atoms with E-state index in [9.17, 15) is 4.79 Å². The molecule has 2 heterocycles. The molecule has 7 nitrogen and oxygen atoms in total. The van der Waals surface area contributed by atoms with Crippen molar-refractivity contribution in [1.82, 2.24) is 25.5 Å². The highest BCUT2D eigenvalue weighted by molar-refractivity contribution is 7.98. The highest BCUT2D eigenvalue weighted by Gasteiger charge is 2.32. The Balaban J connectivity index is 1.75. The van der Waals surface area contributed by atoms with Gasteiger partial charge in [0.25, 0.3) is 5.91 Å². The molecule has 1 N–H and O–H groups in total. The van der Waals surface area contributed by atoms with E-state index in [4.69, 9.17) is 4.74 Å². The molecule has 1 aliphatic rings. The second kappa shape index (κ2) is 7.56. The number of rotatable bonds is 5. The fraction of sp³-hybridized carbons (Fsp3) is 0.467. The highest BCUT2D eigenvalue weighted by Crippen LogP contribution is 2.23. The standard InChI is InChI=1S/C15H19N5O2S/c1-2-23-10-11-3-5-12(6-4-11)15(21)20-7-8-22-9-13(20)14-16-18-19-17-14/h3-6,13H,2,7-10H2,1H3,(H,16,17,18,19)/t13-/m0/s1. The number of H-pyrrole nitrogens is 1. The monoisotopic (exact) mass is 333 g/mol. The third-order valence-electron chi connectivity index (χ3n) is 3.72. The van der Waals surface area contributed by atoms with E-state index in [0.717, 1.165) is 11.5 Å². The van der Waals surface area contributed by atoms with E-state index >= 15 is 0 Å². The summed E-state index contributed by atoms with van der Waals surface area (Å²) in [7, 11) is 0. The molecule has 0 saturated carbocycles. The van der Waals surface area contributed by atoms with E-state index in [0.29, 0.717) is 31.1 Å². The zero-order valence-electron chi connectivity index (χ0n) is 12.9. The summed E-state index contributed by atoms with van der Waals surface area (Å²) in [4.78, 5) is 14.6. The van der Waals surface area contributed by atoms with Crippen molar-refractivity contribution in [3.8, 4) is 0 Å². The van der Waals surface area contributed by atoms with Gasteiger partial charge in [0, 0.05) is 17.9 Å². The molecular formula is C15H19N5O2S. The number of nitrogens with zero attached hydrogens (tertiary/aromatic N) is 4. The molecule has 1 fully saturated rings. The van der Waals surface area contributed by atoms with Crippen molar-refractivity contribution < 1.29 is 9.53 Å². The SMILES string of the molecule is CCSCc1ccc(C(=O)N2CCOC[C@H]2c2nn[nH]n2)cc1. The van der Waals surface area contributed by atoms with Crippen molar-refractivity contribution in [3.05, 3.63) is 41.2 Å². The average Bonchev–Trinajstić information content (AvgIpc) is 3.14. The highest BCUT2D eigenvalue weighted by atomic mass is 32.2. The van der Waals surface area contributed by atoms with Gasteiger partial charge in [-0.2, -0.15) is 17.0 Å². The number of thioether (sulfide) groups is 1. The molecule has 0 aliphatic carbocycles. The normalized spacial score (nSPS) is 18.1. The van der Waals surface area contributed by atoms with E-state index < -0.39 is 0 Å². The molecule has 23 heavy (non-hydrogen) atoms. The Morgan fingerprint density at radius 1 is 1.43 bits per heavy atom. The number of aromatic amines is 1. The molecule has 1 aromatic heterocycles. The molecule has 0 spiro atoms. The van der Waals surface area contributed by atoms with Crippen molar-refractivity contribution in [1.29, 1.82) is 0 Å². The zero-order chi connectivity index (χ0) is 16.1. The molecular weight excluding hydrogens is 314 g/mol. The number of hydrogen-bond acceptors (Lipinski definition) is 6. The van der Waals surface area contributed by atoms with Crippen LogP contribution in [0.4, 0.5) is 0 Å². The minimum atomic E-state index is -0.301. The van der Waals surface area contributed by atoms with Crippen LogP contribution in [0.1, 0.15) is 34.7 Å². The van der Waals surface area contributed by atoms with Crippen LogP contribution in [-0.4, -0.2) is 56.9 Å². The summed E-state index contributed by atoms with van der Waals surface area (Å²) in [6.07, 6.45) is 0. The van der Waals surface area contributed by atoms with Crippen LogP contribution in [0.5, 0.6) is 0 Å². The van der Waals surface area contributed by atoms with Gasteiger partial charge in [-0.25, -0.2) is 0 Å². The lowest BCUT2D eigenvalue weighted by molar-refractivity contribution is -0.00520. The van der Waals surface area contributed by atoms with E-state index in [1.54, 1.807) is 4.90 Å². The maximum atomic E-state index is 12.8. The number of benzene rings is 1. The first-order chi connectivity index (χ1) is 11.3. The van der Waals surface area contributed by atoms with E-state index in [2.05, 4.69) is 27.5 Å². The lowest BCUT2D eigenvalue weighted by Gasteiger charge is -2.33. The Kier molecular flexibility index (Phi) is 5.24. The smallest absolute Gasteiger partial charge is 0.254 e. The third kappa shape index (κ3) is 3.70. The van der Waals surface area contributed by atoms with Gasteiger partial charge in [-0.1, -0.05) is 24.3 Å². The van der Waals surface area contributed by atoms with Gasteiger partial charge >= 0.3 is 0 Å². The van der Waals surface area contributed by atoms with Crippen LogP contribution in [0, 0.1) is 0 Å². The van der Waals surface area contributed by atoms with Crippen LogP contribution in [0.15, 0.2) is 24.3 Å². The predicted molar refractivity (Wildman–Crippen MR) is 87.1 cm³/mol. The molecule has 2 aromatic rings. The number of aromatic nitrogens is 4. The third-order valence-corrected chi connectivity index (χ3v) is 4.67. The molecule has 1 aromatic carbocycles. The topological polar surface area (TPSA) is 84.0 Å². The van der Waals surface area contributed by atoms with Gasteiger partial charge in [-0.3, -0.25) is 4.79 Å². The zero-order valence-corrected chi connectivity index (χ0v) is 13.8. The first kappa shape index (κ1) is 15.9. The summed E-state index contributed by atoms with van der Waals surface area (Å²) in [5, 5.41) is 14.0. The average molecular weight is 333 g/mol. The molecule has 1 aliphatic heterocycles. The van der Waals surface area contributed by atoms with Crippen LogP contribution in [0.2, 0.25) is 0 Å². The minimum Gasteiger partial charge on any atom is -0.377 e. The molecule has 0 bridgehead atoms. The van der Waals surface area contributed by atoms with E-state index in [1.165, 1.54) is 5.56 Å². The number of tetrazole rings is 1. The van der Waals surface area contributed by atoms with Crippen LogP contribution in [0.3, 0.4) is 0 Å². The minimum absolute atomic E-state index is 0.0298. The number of nitrogens with one attached hydrogen (secondary N) is 1. The van der Waals surface area contributed by atoms with Gasteiger partial charge in [0.2, 0.25) is 0 Å². The van der Waals surface area contributed by atoms with Crippen molar-refractivity contribution in [3.63, 3.8) is 0 Å². The van der Waals surface area contributed by atoms with Gasteiger partial charge in [0.15, 0.2) is 5.82 Å². The first-order valence-electron chi connectivity index (χ1n) is 7.58. The molecule has 8 heteroatoms. The Morgan fingerprint density at radius 2 is 2.26 bits per heavy atom. The molecule has 1 saturated heterocycles. The number of amides is 1. The molecule has 0 unspecified atom stereocenters. The Labute approximate surface area is 138 Å². The second-order valence-corrected chi connectivity index (χ2v) is 6.47. The number of carbonyl (C=O) groups is 1. The number of hydrogen-bond donors (Lipinski definition) is 1.